The fourth-order valence-electron chi connectivity index (χ4n) is 4.82. The van der Waals surface area contributed by atoms with E-state index in [-0.39, 0.29) is 17.9 Å². The standard InChI is InChI=1S/C25H35N3O4S/c1-19(2)20-7-9-22(10-8-20)33(30,31)28-15-11-21(12-16-28)25(29)26-18-23(24-6-5-17-32-24)27-13-3-4-14-27/h5-10,17,19,21,23H,3-4,11-16,18H2,1-2H3,(H,26,29)/t23-/m0/s1. The van der Waals surface area contributed by atoms with Gasteiger partial charge in [-0.15, -0.1) is 0 Å². The third-order valence-electron chi connectivity index (χ3n) is 6.93. The second-order valence-electron chi connectivity index (χ2n) is 9.42. The van der Waals surface area contributed by atoms with Crippen LogP contribution < -0.4 is 5.32 Å². The van der Waals surface area contributed by atoms with E-state index in [0.29, 0.717) is 43.3 Å². The average molecular weight is 474 g/mol. The molecule has 1 atom stereocenters. The normalized spacial score (nSPS) is 19.7. The van der Waals surface area contributed by atoms with E-state index in [2.05, 4.69) is 24.1 Å². The molecule has 0 spiro atoms. The molecule has 4 rings (SSSR count). The molecule has 180 valence electrons. The highest BCUT2D eigenvalue weighted by Gasteiger charge is 2.33. The first-order valence-corrected chi connectivity index (χ1v) is 13.5. The number of benzene rings is 1. The summed E-state index contributed by atoms with van der Waals surface area (Å²) in [5.41, 5.74) is 1.12. The van der Waals surface area contributed by atoms with Gasteiger partial charge in [0.25, 0.3) is 0 Å². The van der Waals surface area contributed by atoms with Gasteiger partial charge in [0.1, 0.15) is 5.76 Å². The van der Waals surface area contributed by atoms with E-state index in [4.69, 9.17) is 4.42 Å². The zero-order valence-electron chi connectivity index (χ0n) is 19.6. The van der Waals surface area contributed by atoms with Crippen molar-refractivity contribution in [3.63, 3.8) is 0 Å². The molecule has 2 aliphatic rings. The van der Waals surface area contributed by atoms with Gasteiger partial charge >= 0.3 is 0 Å². The Labute approximate surface area is 197 Å². The lowest BCUT2D eigenvalue weighted by Gasteiger charge is -2.31. The third kappa shape index (κ3) is 5.50. The fraction of sp³-hybridized carbons (Fsp3) is 0.560. The molecule has 2 fully saturated rings. The van der Waals surface area contributed by atoms with Crippen molar-refractivity contribution < 1.29 is 17.6 Å². The summed E-state index contributed by atoms with van der Waals surface area (Å²) < 4.78 is 33.2. The Morgan fingerprint density at radius 1 is 1.06 bits per heavy atom. The van der Waals surface area contributed by atoms with E-state index in [1.807, 2.05) is 24.3 Å². The fourth-order valence-corrected chi connectivity index (χ4v) is 6.29. The van der Waals surface area contributed by atoms with Crippen LogP contribution in [0.3, 0.4) is 0 Å². The number of hydrogen-bond acceptors (Lipinski definition) is 5. The van der Waals surface area contributed by atoms with Gasteiger partial charge in [-0.05, 0) is 74.5 Å². The highest BCUT2D eigenvalue weighted by Crippen LogP contribution is 2.27. The third-order valence-corrected chi connectivity index (χ3v) is 8.84. The zero-order valence-corrected chi connectivity index (χ0v) is 20.4. The molecule has 0 aliphatic carbocycles. The molecule has 0 bridgehead atoms. The highest BCUT2D eigenvalue weighted by atomic mass is 32.2. The molecule has 0 saturated carbocycles. The number of sulfonamides is 1. The van der Waals surface area contributed by atoms with Gasteiger partial charge in [-0.25, -0.2) is 8.42 Å². The van der Waals surface area contributed by atoms with Crippen LogP contribution in [-0.2, 0) is 14.8 Å². The summed E-state index contributed by atoms with van der Waals surface area (Å²) in [5, 5.41) is 3.11. The topological polar surface area (TPSA) is 82.9 Å². The van der Waals surface area contributed by atoms with E-state index in [1.165, 1.54) is 4.31 Å². The van der Waals surface area contributed by atoms with Crippen molar-refractivity contribution in [1.82, 2.24) is 14.5 Å². The molecule has 2 saturated heterocycles. The Balaban J connectivity index is 1.32. The van der Waals surface area contributed by atoms with Crippen LogP contribution in [0.2, 0.25) is 0 Å². The smallest absolute Gasteiger partial charge is 0.243 e. The van der Waals surface area contributed by atoms with E-state index in [0.717, 1.165) is 37.3 Å². The van der Waals surface area contributed by atoms with Crippen LogP contribution in [0.5, 0.6) is 0 Å². The number of nitrogens with one attached hydrogen (secondary N) is 1. The maximum Gasteiger partial charge on any atom is 0.243 e. The van der Waals surface area contributed by atoms with Gasteiger partial charge in [-0.2, -0.15) is 4.31 Å². The van der Waals surface area contributed by atoms with Crippen molar-refractivity contribution in [3.8, 4) is 0 Å². The van der Waals surface area contributed by atoms with Crippen LogP contribution in [0.15, 0.2) is 52.0 Å². The first kappa shape index (κ1) is 24.0. The molecule has 1 aromatic heterocycles. The summed E-state index contributed by atoms with van der Waals surface area (Å²) in [6.07, 6.45) is 5.07. The van der Waals surface area contributed by atoms with Gasteiger partial charge < -0.3 is 9.73 Å². The second-order valence-corrected chi connectivity index (χ2v) is 11.4. The lowest BCUT2D eigenvalue weighted by molar-refractivity contribution is -0.126. The molecule has 8 heteroatoms. The number of furan rings is 1. The van der Waals surface area contributed by atoms with Gasteiger partial charge in [0.15, 0.2) is 0 Å². The Bertz CT molecular complexity index is 1000. The predicted molar refractivity (Wildman–Crippen MR) is 127 cm³/mol. The molecule has 0 unspecified atom stereocenters. The minimum Gasteiger partial charge on any atom is -0.468 e. The average Bonchev–Trinajstić information content (AvgIpc) is 3.54. The first-order chi connectivity index (χ1) is 15.9. The number of rotatable bonds is 8. The summed E-state index contributed by atoms with van der Waals surface area (Å²) in [5.74, 6) is 1.06. The Kier molecular flexibility index (Phi) is 7.56. The van der Waals surface area contributed by atoms with Crippen LogP contribution in [0, 0.1) is 5.92 Å². The number of amides is 1. The van der Waals surface area contributed by atoms with Gasteiger partial charge in [0, 0.05) is 25.6 Å². The van der Waals surface area contributed by atoms with Crippen LogP contribution in [0.4, 0.5) is 0 Å². The molecular weight excluding hydrogens is 438 g/mol. The lowest BCUT2D eigenvalue weighted by atomic mass is 9.97. The van der Waals surface area contributed by atoms with Crippen molar-refractivity contribution in [1.29, 1.82) is 0 Å². The number of hydrogen-bond donors (Lipinski definition) is 1. The van der Waals surface area contributed by atoms with Crippen LogP contribution in [-0.4, -0.2) is 56.3 Å². The molecular formula is C25H35N3O4S. The molecule has 2 aromatic rings. The number of nitrogens with zero attached hydrogens (tertiary/aromatic N) is 2. The number of carbonyl (C=O) groups is 1. The monoisotopic (exact) mass is 473 g/mol. The minimum absolute atomic E-state index is 0.00378. The molecule has 7 nitrogen and oxygen atoms in total. The predicted octanol–water partition coefficient (Wildman–Crippen LogP) is 3.76. The highest BCUT2D eigenvalue weighted by molar-refractivity contribution is 7.89. The largest absolute Gasteiger partial charge is 0.468 e. The number of carbonyl (C=O) groups excluding carboxylic acids is 1. The van der Waals surface area contributed by atoms with E-state index in [9.17, 15) is 13.2 Å². The quantitative estimate of drug-likeness (QED) is 0.631. The molecule has 1 amide bonds. The van der Waals surface area contributed by atoms with E-state index >= 15 is 0 Å². The maximum absolute atomic E-state index is 13.0. The van der Waals surface area contributed by atoms with Crippen LogP contribution in [0.25, 0.3) is 0 Å². The van der Waals surface area contributed by atoms with Crippen molar-refractivity contribution >= 4 is 15.9 Å². The molecule has 2 aliphatic heterocycles. The van der Waals surface area contributed by atoms with E-state index in [1.54, 1.807) is 18.4 Å². The number of likely N-dealkylation sites (tertiary alicyclic amines) is 1. The summed E-state index contributed by atoms with van der Waals surface area (Å²) in [4.78, 5) is 15.6. The minimum atomic E-state index is -3.54. The lowest BCUT2D eigenvalue weighted by Crippen LogP contribution is -2.44. The van der Waals surface area contributed by atoms with Crippen molar-refractivity contribution in [2.45, 2.75) is 56.4 Å². The maximum atomic E-state index is 13.0. The molecule has 0 radical (unpaired) electrons. The zero-order chi connectivity index (χ0) is 23.4. The van der Waals surface area contributed by atoms with Gasteiger partial charge in [0.05, 0.1) is 17.2 Å². The Hall–Kier alpha value is -2.16. The summed E-state index contributed by atoms with van der Waals surface area (Å²) >= 11 is 0. The summed E-state index contributed by atoms with van der Waals surface area (Å²) in [6, 6.07) is 11.0. The first-order valence-electron chi connectivity index (χ1n) is 12.0. The summed E-state index contributed by atoms with van der Waals surface area (Å²) in [6.45, 7) is 7.42. The number of piperidine rings is 1. The van der Waals surface area contributed by atoms with Gasteiger partial charge in [-0.1, -0.05) is 26.0 Å². The summed E-state index contributed by atoms with van der Waals surface area (Å²) in [7, 11) is -3.54. The SMILES string of the molecule is CC(C)c1ccc(S(=O)(=O)N2CCC(C(=O)NC[C@@H](c3ccco3)N3CCCC3)CC2)cc1. The van der Waals surface area contributed by atoms with Crippen molar-refractivity contribution in [2.75, 3.05) is 32.7 Å². The molecule has 1 N–H and O–H groups in total. The molecule has 33 heavy (non-hydrogen) atoms. The van der Waals surface area contributed by atoms with E-state index < -0.39 is 10.0 Å². The van der Waals surface area contributed by atoms with Crippen LogP contribution >= 0.6 is 0 Å². The Morgan fingerprint density at radius 3 is 2.30 bits per heavy atom. The van der Waals surface area contributed by atoms with Gasteiger partial charge in [-0.3, -0.25) is 9.69 Å². The molecule has 3 heterocycles. The van der Waals surface area contributed by atoms with Crippen molar-refractivity contribution in [2.24, 2.45) is 5.92 Å². The van der Waals surface area contributed by atoms with Crippen molar-refractivity contribution in [3.05, 3.63) is 54.0 Å². The Morgan fingerprint density at radius 2 is 1.73 bits per heavy atom. The molecule has 1 aromatic carbocycles. The van der Waals surface area contributed by atoms with Gasteiger partial charge in [0.2, 0.25) is 15.9 Å². The second kappa shape index (κ2) is 10.4. The van der Waals surface area contributed by atoms with Crippen LogP contribution in [0.1, 0.15) is 62.8 Å².